The number of fused-ring (bicyclic) bond motifs is 1. The Morgan fingerprint density at radius 1 is 1.06 bits per heavy atom. The summed E-state index contributed by atoms with van der Waals surface area (Å²) >= 11 is 3.41. The maximum absolute atomic E-state index is 13.6. The average molecular weight is 490 g/mol. The van der Waals surface area contributed by atoms with Crippen LogP contribution in [-0.4, -0.2) is 27.4 Å². The van der Waals surface area contributed by atoms with Crippen LogP contribution in [0.5, 0.6) is 0 Å². The highest BCUT2D eigenvalue weighted by atomic mass is 79.9. The van der Waals surface area contributed by atoms with Crippen molar-refractivity contribution in [1.82, 2.24) is 14.5 Å². The van der Waals surface area contributed by atoms with Crippen molar-refractivity contribution in [3.63, 3.8) is 0 Å². The number of halogens is 1. The Balaban J connectivity index is 1.91. The van der Waals surface area contributed by atoms with Gasteiger partial charge in [-0.05, 0) is 67.4 Å². The third-order valence-electron chi connectivity index (χ3n) is 5.63. The number of amides is 1. The van der Waals surface area contributed by atoms with Gasteiger partial charge in [0.25, 0.3) is 11.5 Å². The molecule has 32 heavy (non-hydrogen) atoms. The molecule has 0 spiro atoms. The van der Waals surface area contributed by atoms with E-state index in [2.05, 4.69) is 15.9 Å². The number of nitrogens with zero attached hydrogens (tertiary/aromatic N) is 3. The van der Waals surface area contributed by atoms with Gasteiger partial charge in [-0.3, -0.25) is 14.2 Å². The van der Waals surface area contributed by atoms with Crippen molar-refractivity contribution in [2.75, 3.05) is 7.05 Å². The zero-order valence-electron chi connectivity index (χ0n) is 18.2. The van der Waals surface area contributed by atoms with Gasteiger partial charge >= 0.3 is 0 Å². The van der Waals surface area contributed by atoms with Crippen molar-refractivity contribution in [3.05, 3.63) is 105 Å². The second kappa shape index (κ2) is 9.09. The van der Waals surface area contributed by atoms with Gasteiger partial charge in [0, 0.05) is 17.1 Å². The molecule has 4 rings (SSSR count). The smallest absolute Gasteiger partial charge is 0.266 e. The van der Waals surface area contributed by atoms with Crippen molar-refractivity contribution in [1.29, 1.82) is 0 Å². The van der Waals surface area contributed by atoms with Crippen molar-refractivity contribution < 1.29 is 4.79 Å². The molecule has 6 heteroatoms. The molecule has 1 heterocycles. The molecule has 1 unspecified atom stereocenters. The number of carbonyl (C=O) groups is 1. The van der Waals surface area contributed by atoms with Crippen molar-refractivity contribution in [2.24, 2.45) is 0 Å². The molecular formula is C26H24BrN3O2. The molecule has 4 aromatic rings. The predicted molar refractivity (Wildman–Crippen MR) is 131 cm³/mol. The fourth-order valence-corrected chi connectivity index (χ4v) is 4.22. The number of hydrogen-bond donors (Lipinski definition) is 0. The van der Waals surface area contributed by atoms with Crippen LogP contribution >= 0.6 is 15.9 Å². The van der Waals surface area contributed by atoms with E-state index in [1.54, 1.807) is 34.7 Å². The molecule has 1 atom stereocenters. The number of rotatable bonds is 5. The topological polar surface area (TPSA) is 55.2 Å². The van der Waals surface area contributed by atoms with E-state index < -0.39 is 0 Å². The first-order valence-electron chi connectivity index (χ1n) is 10.5. The molecule has 1 amide bonds. The Kier molecular flexibility index (Phi) is 6.24. The molecule has 0 saturated heterocycles. The Morgan fingerprint density at radius 3 is 2.47 bits per heavy atom. The van der Waals surface area contributed by atoms with Gasteiger partial charge in [-0.1, -0.05) is 47.1 Å². The first-order valence-corrected chi connectivity index (χ1v) is 11.3. The number of aryl methyl sites for hydroxylation is 1. The summed E-state index contributed by atoms with van der Waals surface area (Å²) in [6.07, 6.45) is 0.607. The highest BCUT2D eigenvalue weighted by Crippen LogP contribution is 2.26. The molecule has 0 bridgehead atoms. The van der Waals surface area contributed by atoms with Gasteiger partial charge in [0.15, 0.2) is 0 Å². The maximum atomic E-state index is 13.6. The molecular weight excluding hydrogens is 466 g/mol. The summed E-state index contributed by atoms with van der Waals surface area (Å²) in [6, 6.07) is 22.0. The summed E-state index contributed by atoms with van der Waals surface area (Å²) in [6.45, 7) is 3.99. The van der Waals surface area contributed by atoms with Crippen LogP contribution in [0.1, 0.15) is 41.1 Å². The van der Waals surface area contributed by atoms with Gasteiger partial charge in [-0.2, -0.15) is 0 Å². The summed E-state index contributed by atoms with van der Waals surface area (Å²) in [5.41, 5.74) is 2.85. The molecule has 162 valence electrons. The van der Waals surface area contributed by atoms with E-state index in [0.29, 0.717) is 28.7 Å². The SMILES string of the molecule is CCC(c1nc2ccccc2c(=O)n1-c1cccc(C)c1)N(C)C(=O)c1ccc(Br)cc1. The fourth-order valence-electron chi connectivity index (χ4n) is 3.96. The maximum Gasteiger partial charge on any atom is 0.266 e. The zero-order chi connectivity index (χ0) is 22.8. The average Bonchev–Trinajstić information content (AvgIpc) is 2.79. The lowest BCUT2D eigenvalue weighted by atomic mass is 10.1. The van der Waals surface area contributed by atoms with Crippen LogP contribution in [0.25, 0.3) is 16.6 Å². The fraction of sp³-hybridized carbons (Fsp3) is 0.192. The van der Waals surface area contributed by atoms with Crippen LogP contribution in [0.15, 0.2) is 82.1 Å². The van der Waals surface area contributed by atoms with Gasteiger partial charge in [0.2, 0.25) is 0 Å². The van der Waals surface area contributed by atoms with Crippen LogP contribution in [-0.2, 0) is 0 Å². The van der Waals surface area contributed by atoms with Crippen LogP contribution < -0.4 is 5.56 Å². The van der Waals surface area contributed by atoms with Gasteiger partial charge in [0.05, 0.1) is 22.6 Å². The van der Waals surface area contributed by atoms with Crippen molar-refractivity contribution >= 4 is 32.7 Å². The minimum atomic E-state index is -0.385. The monoisotopic (exact) mass is 489 g/mol. The van der Waals surface area contributed by atoms with E-state index in [1.165, 1.54) is 0 Å². The summed E-state index contributed by atoms with van der Waals surface area (Å²) in [5.74, 6) is 0.428. The minimum absolute atomic E-state index is 0.123. The summed E-state index contributed by atoms with van der Waals surface area (Å²) in [7, 11) is 1.76. The molecule has 0 radical (unpaired) electrons. The number of carbonyl (C=O) groups excluding carboxylic acids is 1. The number of aromatic nitrogens is 2. The molecule has 0 aliphatic rings. The second-order valence-electron chi connectivity index (χ2n) is 7.81. The van der Waals surface area contributed by atoms with Crippen LogP contribution in [0.4, 0.5) is 0 Å². The molecule has 1 aromatic heterocycles. The number of para-hydroxylation sites is 1. The van der Waals surface area contributed by atoms with Crippen LogP contribution in [0.2, 0.25) is 0 Å². The van der Waals surface area contributed by atoms with E-state index in [1.807, 2.05) is 68.4 Å². The third kappa shape index (κ3) is 4.10. The second-order valence-corrected chi connectivity index (χ2v) is 8.73. The zero-order valence-corrected chi connectivity index (χ0v) is 19.8. The largest absolute Gasteiger partial charge is 0.332 e. The Labute approximate surface area is 195 Å². The molecule has 0 aliphatic heterocycles. The highest BCUT2D eigenvalue weighted by Gasteiger charge is 2.27. The first-order chi connectivity index (χ1) is 15.4. The predicted octanol–water partition coefficient (Wildman–Crippen LogP) is 5.68. The molecule has 5 nitrogen and oxygen atoms in total. The lowest BCUT2D eigenvalue weighted by Crippen LogP contribution is -2.36. The molecule has 0 aliphatic carbocycles. The van der Waals surface area contributed by atoms with Crippen LogP contribution in [0, 0.1) is 6.92 Å². The van der Waals surface area contributed by atoms with Crippen molar-refractivity contribution in [2.45, 2.75) is 26.3 Å². The minimum Gasteiger partial charge on any atom is -0.332 e. The highest BCUT2D eigenvalue weighted by molar-refractivity contribution is 9.10. The molecule has 0 saturated carbocycles. The number of hydrogen-bond acceptors (Lipinski definition) is 3. The standard InChI is InChI=1S/C26H24BrN3O2/c1-4-23(29(3)25(31)18-12-14-19(27)15-13-18)24-28-22-11-6-5-10-21(22)26(32)30(24)20-9-7-8-17(2)16-20/h5-16,23H,4H2,1-3H3. The van der Waals surface area contributed by atoms with Crippen molar-refractivity contribution in [3.8, 4) is 5.69 Å². The quantitative estimate of drug-likeness (QED) is 0.362. The van der Waals surface area contributed by atoms with Gasteiger partial charge < -0.3 is 4.90 Å². The molecule has 3 aromatic carbocycles. The van der Waals surface area contributed by atoms with Gasteiger partial charge in [0.1, 0.15) is 5.82 Å². The Morgan fingerprint density at radius 2 is 1.78 bits per heavy atom. The van der Waals surface area contributed by atoms with E-state index in [0.717, 1.165) is 15.7 Å². The van der Waals surface area contributed by atoms with Gasteiger partial charge in [-0.25, -0.2) is 4.98 Å². The van der Waals surface area contributed by atoms with E-state index in [-0.39, 0.29) is 17.5 Å². The Bertz CT molecular complexity index is 1350. The van der Waals surface area contributed by atoms with Crippen LogP contribution in [0.3, 0.4) is 0 Å². The normalized spacial score (nSPS) is 12.0. The third-order valence-corrected chi connectivity index (χ3v) is 6.15. The Hall–Kier alpha value is -3.25. The van der Waals surface area contributed by atoms with Gasteiger partial charge in [-0.15, -0.1) is 0 Å². The molecule has 0 fully saturated rings. The first kappa shape index (κ1) is 22.0. The lowest BCUT2D eigenvalue weighted by molar-refractivity contribution is 0.0717. The lowest BCUT2D eigenvalue weighted by Gasteiger charge is -2.29. The van der Waals surface area contributed by atoms with E-state index >= 15 is 0 Å². The summed E-state index contributed by atoms with van der Waals surface area (Å²) in [4.78, 5) is 33.4. The summed E-state index contributed by atoms with van der Waals surface area (Å²) in [5, 5.41) is 0.550. The van der Waals surface area contributed by atoms with E-state index in [9.17, 15) is 9.59 Å². The number of benzene rings is 3. The molecule has 0 N–H and O–H groups in total. The summed E-state index contributed by atoms with van der Waals surface area (Å²) < 4.78 is 2.56. The van der Waals surface area contributed by atoms with E-state index in [4.69, 9.17) is 4.98 Å².